The largest absolute Gasteiger partial charge is 0.466 e. The van der Waals surface area contributed by atoms with Gasteiger partial charge in [0.25, 0.3) is 0 Å². The van der Waals surface area contributed by atoms with E-state index in [9.17, 15) is 9.59 Å². The summed E-state index contributed by atoms with van der Waals surface area (Å²) in [5, 5.41) is 2.79. The van der Waals surface area contributed by atoms with Crippen molar-refractivity contribution in [1.82, 2.24) is 5.32 Å². The minimum atomic E-state index is -0.450. The van der Waals surface area contributed by atoms with Crippen molar-refractivity contribution in [3.63, 3.8) is 0 Å². The number of allylic oxidation sites excluding steroid dienone is 2. The monoisotopic (exact) mass is 259 g/mol. The van der Waals surface area contributed by atoms with Crippen LogP contribution in [0.4, 0.5) is 0 Å². The highest BCUT2D eigenvalue weighted by Gasteiger charge is 2.02. The molecule has 0 aliphatic rings. The third-order valence-electron chi connectivity index (χ3n) is 2.43. The number of carbonyl (C=O) groups is 2. The van der Waals surface area contributed by atoms with E-state index in [4.69, 9.17) is 0 Å². The van der Waals surface area contributed by atoms with Crippen LogP contribution in [0.3, 0.4) is 0 Å². The van der Waals surface area contributed by atoms with E-state index in [2.05, 4.69) is 10.1 Å². The van der Waals surface area contributed by atoms with Crippen LogP contribution in [0.1, 0.15) is 12.5 Å². The van der Waals surface area contributed by atoms with Crippen molar-refractivity contribution in [2.45, 2.75) is 13.5 Å². The van der Waals surface area contributed by atoms with Crippen LogP contribution in [0.2, 0.25) is 0 Å². The maximum atomic E-state index is 11.7. The fraction of sp³-hybridized carbons (Fsp3) is 0.200. The lowest BCUT2D eigenvalue weighted by atomic mass is 10.2. The number of hydrogen-bond acceptors (Lipinski definition) is 3. The molecular formula is C15H17NO3. The highest BCUT2D eigenvalue weighted by Crippen LogP contribution is 1.99. The first kappa shape index (κ1) is 14.7. The molecule has 0 saturated carbocycles. The van der Waals surface area contributed by atoms with E-state index in [-0.39, 0.29) is 5.91 Å². The van der Waals surface area contributed by atoms with Gasteiger partial charge in [0.2, 0.25) is 5.91 Å². The summed E-state index contributed by atoms with van der Waals surface area (Å²) in [7, 11) is 1.30. The van der Waals surface area contributed by atoms with Gasteiger partial charge in [0, 0.05) is 18.2 Å². The van der Waals surface area contributed by atoms with E-state index < -0.39 is 5.97 Å². The molecule has 0 heterocycles. The maximum Gasteiger partial charge on any atom is 0.330 e. The Morgan fingerprint density at radius 1 is 1.26 bits per heavy atom. The van der Waals surface area contributed by atoms with Crippen LogP contribution in [0, 0.1) is 0 Å². The van der Waals surface area contributed by atoms with E-state index in [0.29, 0.717) is 12.1 Å². The molecule has 0 spiro atoms. The second-order valence-electron chi connectivity index (χ2n) is 3.90. The van der Waals surface area contributed by atoms with Crippen LogP contribution in [0.25, 0.3) is 0 Å². The summed E-state index contributed by atoms with van der Waals surface area (Å²) in [5.74, 6) is -0.618. The van der Waals surface area contributed by atoms with Crippen LogP contribution >= 0.6 is 0 Å². The molecule has 0 unspecified atom stereocenters. The summed E-state index contributed by atoms with van der Waals surface area (Å²) in [4.78, 5) is 22.6. The summed E-state index contributed by atoms with van der Waals surface area (Å²) in [6.07, 6.45) is 4.31. The molecule has 0 atom stereocenters. The fourth-order valence-electron chi connectivity index (χ4n) is 1.33. The van der Waals surface area contributed by atoms with Crippen molar-refractivity contribution in [2.24, 2.45) is 0 Å². The topological polar surface area (TPSA) is 55.4 Å². The molecule has 4 nitrogen and oxygen atoms in total. The standard InChI is InChI=1S/C15H17NO3/c1-12(7-6-10-14(17)19-2)15(18)16-11-13-8-4-3-5-9-13/h3-10H,11H2,1-2H3,(H,16,18)/b10-6+,12-7-. The number of amides is 1. The van der Waals surface area contributed by atoms with Gasteiger partial charge in [-0.15, -0.1) is 0 Å². The first-order valence-electron chi connectivity index (χ1n) is 5.88. The average Bonchev–Trinajstić information content (AvgIpc) is 2.45. The van der Waals surface area contributed by atoms with Gasteiger partial charge in [-0.3, -0.25) is 4.79 Å². The Kier molecular flexibility index (Phi) is 6.09. The molecule has 0 bridgehead atoms. The molecule has 1 N–H and O–H groups in total. The van der Waals surface area contributed by atoms with E-state index >= 15 is 0 Å². The first-order chi connectivity index (χ1) is 9.13. The summed E-state index contributed by atoms with van der Waals surface area (Å²) in [6, 6.07) is 9.65. The Bertz CT molecular complexity index is 489. The summed E-state index contributed by atoms with van der Waals surface area (Å²) in [5.41, 5.74) is 1.56. The van der Waals surface area contributed by atoms with Crippen molar-refractivity contribution >= 4 is 11.9 Å². The first-order valence-corrected chi connectivity index (χ1v) is 5.88. The number of carbonyl (C=O) groups excluding carboxylic acids is 2. The molecule has 1 amide bonds. The van der Waals surface area contributed by atoms with E-state index in [1.165, 1.54) is 19.3 Å². The van der Waals surface area contributed by atoms with Crippen molar-refractivity contribution in [3.8, 4) is 0 Å². The Morgan fingerprint density at radius 3 is 2.58 bits per heavy atom. The molecule has 0 aliphatic carbocycles. The van der Waals surface area contributed by atoms with Crippen LogP contribution in [0.5, 0.6) is 0 Å². The van der Waals surface area contributed by atoms with Crippen LogP contribution in [0.15, 0.2) is 54.1 Å². The van der Waals surface area contributed by atoms with Gasteiger partial charge in [-0.2, -0.15) is 0 Å². The third kappa shape index (κ3) is 5.68. The van der Waals surface area contributed by atoms with Crippen LogP contribution in [-0.4, -0.2) is 19.0 Å². The Balaban J connectivity index is 2.47. The van der Waals surface area contributed by atoms with E-state index in [0.717, 1.165) is 5.56 Å². The molecule has 100 valence electrons. The molecule has 1 aromatic carbocycles. The number of nitrogens with one attached hydrogen (secondary N) is 1. The normalized spacial score (nSPS) is 11.4. The molecule has 0 radical (unpaired) electrons. The van der Waals surface area contributed by atoms with E-state index in [1.807, 2.05) is 30.3 Å². The molecule has 1 rings (SSSR count). The summed E-state index contributed by atoms with van der Waals surface area (Å²) < 4.78 is 4.44. The molecule has 0 aliphatic heterocycles. The average molecular weight is 259 g/mol. The SMILES string of the molecule is COC(=O)/C=C/C=C(/C)C(=O)NCc1ccccc1. The quantitative estimate of drug-likeness (QED) is 0.500. The van der Waals surface area contributed by atoms with Gasteiger partial charge < -0.3 is 10.1 Å². The number of hydrogen-bond donors (Lipinski definition) is 1. The number of esters is 1. The van der Waals surface area contributed by atoms with Crippen molar-refractivity contribution in [2.75, 3.05) is 7.11 Å². The van der Waals surface area contributed by atoms with Gasteiger partial charge in [-0.1, -0.05) is 42.5 Å². The zero-order valence-electron chi connectivity index (χ0n) is 11.1. The zero-order chi connectivity index (χ0) is 14.1. The van der Waals surface area contributed by atoms with Gasteiger partial charge in [-0.25, -0.2) is 4.79 Å². The zero-order valence-corrected chi connectivity index (χ0v) is 11.1. The minimum Gasteiger partial charge on any atom is -0.466 e. The maximum absolute atomic E-state index is 11.7. The predicted molar refractivity (Wildman–Crippen MR) is 73.2 cm³/mol. The Morgan fingerprint density at radius 2 is 1.95 bits per heavy atom. The van der Waals surface area contributed by atoms with Crippen LogP contribution < -0.4 is 5.32 Å². The number of ether oxygens (including phenoxy) is 1. The number of rotatable bonds is 5. The van der Waals surface area contributed by atoms with Crippen molar-refractivity contribution in [1.29, 1.82) is 0 Å². The minimum absolute atomic E-state index is 0.168. The Hall–Kier alpha value is -2.36. The smallest absolute Gasteiger partial charge is 0.330 e. The number of methoxy groups -OCH3 is 1. The Labute approximate surface area is 112 Å². The lowest BCUT2D eigenvalue weighted by Gasteiger charge is -2.04. The lowest BCUT2D eigenvalue weighted by Crippen LogP contribution is -2.23. The van der Waals surface area contributed by atoms with Crippen LogP contribution in [-0.2, 0) is 20.9 Å². The third-order valence-corrected chi connectivity index (χ3v) is 2.43. The van der Waals surface area contributed by atoms with Gasteiger partial charge in [0.05, 0.1) is 7.11 Å². The van der Waals surface area contributed by atoms with Crippen molar-refractivity contribution < 1.29 is 14.3 Å². The van der Waals surface area contributed by atoms with Gasteiger partial charge in [0.1, 0.15) is 0 Å². The highest BCUT2D eigenvalue weighted by atomic mass is 16.5. The van der Waals surface area contributed by atoms with Gasteiger partial charge >= 0.3 is 5.97 Å². The molecule has 4 heteroatoms. The molecular weight excluding hydrogens is 242 g/mol. The molecule has 0 fully saturated rings. The summed E-state index contributed by atoms with van der Waals surface area (Å²) in [6.45, 7) is 2.16. The molecule has 19 heavy (non-hydrogen) atoms. The number of benzene rings is 1. The van der Waals surface area contributed by atoms with Crippen molar-refractivity contribution in [3.05, 3.63) is 59.7 Å². The highest BCUT2D eigenvalue weighted by molar-refractivity contribution is 5.93. The van der Waals surface area contributed by atoms with Gasteiger partial charge in [0.15, 0.2) is 0 Å². The van der Waals surface area contributed by atoms with Gasteiger partial charge in [-0.05, 0) is 12.5 Å². The fourth-order valence-corrected chi connectivity index (χ4v) is 1.33. The summed E-state index contributed by atoms with van der Waals surface area (Å²) >= 11 is 0. The predicted octanol–water partition coefficient (Wildman–Crippen LogP) is 1.98. The molecule has 1 aromatic rings. The molecule has 0 saturated heterocycles. The van der Waals surface area contributed by atoms with E-state index in [1.54, 1.807) is 13.0 Å². The second kappa shape index (κ2) is 7.87. The lowest BCUT2D eigenvalue weighted by molar-refractivity contribution is -0.134. The second-order valence-corrected chi connectivity index (χ2v) is 3.90. The molecule has 0 aromatic heterocycles.